The van der Waals surface area contributed by atoms with E-state index in [4.69, 9.17) is 0 Å². The summed E-state index contributed by atoms with van der Waals surface area (Å²) in [7, 11) is 0. The number of carbonyl (C=O) groups is 1. The molecule has 4 rings (SSSR count). The Morgan fingerprint density at radius 3 is 2.53 bits per heavy atom. The fourth-order valence-electron chi connectivity index (χ4n) is 3.67. The molecule has 0 saturated carbocycles. The Balaban J connectivity index is 1.34. The molecule has 1 aliphatic rings. The van der Waals surface area contributed by atoms with Crippen molar-refractivity contribution in [3.63, 3.8) is 0 Å². The Labute approximate surface area is 190 Å². The van der Waals surface area contributed by atoms with E-state index in [1.807, 2.05) is 0 Å². The van der Waals surface area contributed by atoms with E-state index in [0.29, 0.717) is 25.9 Å². The molecule has 0 unspecified atom stereocenters. The number of aryl methyl sites for hydroxylation is 1. The highest BCUT2D eigenvalue weighted by Crippen LogP contribution is 2.34. The standard InChI is InChI=1S/C24H24F2N4OS/c1-16-2-6-20(7-3-16)32-24-22(27-10-11-28-24)30-12-8-17(9-13-30)23(31)29-15-18-4-5-19(25)14-21(18)26/h2-7,10-11,14,17H,8-9,12-13,15H2,1H3,(H,29,31). The zero-order valence-electron chi connectivity index (χ0n) is 17.7. The van der Waals surface area contributed by atoms with Crippen LogP contribution in [0.2, 0.25) is 0 Å². The predicted molar refractivity (Wildman–Crippen MR) is 120 cm³/mol. The zero-order valence-corrected chi connectivity index (χ0v) is 18.5. The smallest absolute Gasteiger partial charge is 0.223 e. The third-order valence-electron chi connectivity index (χ3n) is 5.52. The van der Waals surface area contributed by atoms with Gasteiger partial charge in [0.1, 0.15) is 16.7 Å². The maximum atomic E-state index is 13.8. The lowest BCUT2D eigenvalue weighted by Crippen LogP contribution is -2.41. The van der Waals surface area contributed by atoms with Gasteiger partial charge in [-0.3, -0.25) is 4.79 Å². The van der Waals surface area contributed by atoms with Crippen LogP contribution in [0, 0.1) is 24.5 Å². The van der Waals surface area contributed by atoms with Gasteiger partial charge in [0.05, 0.1) is 0 Å². The number of nitrogens with zero attached hydrogens (tertiary/aromatic N) is 3. The zero-order chi connectivity index (χ0) is 22.5. The molecule has 1 saturated heterocycles. The average molecular weight is 455 g/mol. The number of benzene rings is 2. The van der Waals surface area contributed by atoms with E-state index >= 15 is 0 Å². The first-order chi connectivity index (χ1) is 15.5. The molecule has 2 heterocycles. The normalized spacial score (nSPS) is 14.4. The lowest BCUT2D eigenvalue weighted by Gasteiger charge is -2.32. The van der Waals surface area contributed by atoms with Gasteiger partial charge in [0, 0.05) is 54.5 Å². The fraction of sp³-hybridized carbons (Fsp3) is 0.292. The number of hydrogen-bond donors (Lipinski definition) is 1. The average Bonchev–Trinajstić information content (AvgIpc) is 2.80. The molecule has 0 spiro atoms. The molecule has 1 amide bonds. The second-order valence-electron chi connectivity index (χ2n) is 7.82. The molecule has 1 aromatic heterocycles. The minimum Gasteiger partial charge on any atom is -0.354 e. The van der Waals surface area contributed by atoms with Crippen molar-refractivity contribution < 1.29 is 13.6 Å². The first kappa shape index (κ1) is 22.2. The molecule has 166 valence electrons. The van der Waals surface area contributed by atoms with Crippen LogP contribution in [-0.2, 0) is 11.3 Å². The van der Waals surface area contributed by atoms with Gasteiger partial charge in [-0.05, 0) is 38.0 Å². The second-order valence-corrected chi connectivity index (χ2v) is 8.88. The number of anilines is 1. The Bertz CT molecular complexity index is 1090. The summed E-state index contributed by atoms with van der Waals surface area (Å²) >= 11 is 1.57. The number of hydrogen-bond acceptors (Lipinski definition) is 5. The topological polar surface area (TPSA) is 58.1 Å². The first-order valence-electron chi connectivity index (χ1n) is 10.5. The maximum Gasteiger partial charge on any atom is 0.223 e. The largest absolute Gasteiger partial charge is 0.354 e. The Hall–Kier alpha value is -3.00. The quantitative estimate of drug-likeness (QED) is 0.583. The monoisotopic (exact) mass is 454 g/mol. The summed E-state index contributed by atoms with van der Waals surface area (Å²) in [5.41, 5.74) is 1.48. The van der Waals surface area contributed by atoms with Gasteiger partial charge in [0.2, 0.25) is 5.91 Å². The van der Waals surface area contributed by atoms with Crippen molar-refractivity contribution in [1.82, 2.24) is 15.3 Å². The molecule has 0 atom stereocenters. The summed E-state index contributed by atoms with van der Waals surface area (Å²) in [6, 6.07) is 11.6. The summed E-state index contributed by atoms with van der Waals surface area (Å²) in [4.78, 5) is 24.9. The van der Waals surface area contributed by atoms with Gasteiger partial charge in [-0.2, -0.15) is 0 Å². The molecular formula is C24H24F2N4OS. The molecule has 0 aliphatic carbocycles. The summed E-state index contributed by atoms with van der Waals surface area (Å²) in [6.07, 6.45) is 4.71. The second kappa shape index (κ2) is 10.1. The van der Waals surface area contributed by atoms with E-state index in [0.717, 1.165) is 21.8 Å². The van der Waals surface area contributed by atoms with Crippen LogP contribution in [-0.4, -0.2) is 29.0 Å². The van der Waals surface area contributed by atoms with Crippen LogP contribution in [0.1, 0.15) is 24.0 Å². The Kier molecular flexibility index (Phi) is 6.99. The molecule has 3 aromatic rings. The van der Waals surface area contributed by atoms with Crippen molar-refractivity contribution in [2.24, 2.45) is 5.92 Å². The molecule has 1 fully saturated rings. The van der Waals surface area contributed by atoms with Gasteiger partial charge in [0.25, 0.3) is 0 Å². The van der Waals surface area contributed by atoms with Gasteiger partial charge in [-0.15, -0.1) is 0 Å². The lowest BCUT2D eigenvalue weighted by molar-refractivity contribution is -0.125. The van der Waals surface area contributed by atoms with E-state index in [2.05, 4.69) is 51.4 Å². The molecule has 0 bridgehead atoms. The molecule has 1 N–H and O–H groups in total. The molecular weight excluding hydrogens is 430 g/mol. The van der Waals surface area contributed by atoms with Crippen molar-refractivity contribution in [2.75, 3.05) is 18.0 Å². The van der Waals surface area contributed by atoms with Crippen LogP contribution in [0.4, 0.5) is 14.6 Å². The fourth-order valence-corrected chi connectivity index (χ4v) is 4.55. The van der Waals surface area contributed by atoms with Crippen molar-refractivity contribution in [3.8, 4) is 0 Å². The lowest BCUT2D eigenvalue weighted by atomic mass is 9.96. The predicted octanol–water partition coefficient (Wildman–Crippen LogP) is 4.75. The van der Waals surface area contributed by atoms with Gasteiger partial charge in [-0.1, -0.05) is 35.5 Å². The van der Waals surface area contributed by atoms with E-state index in [-0.39, 0.29) is 23.9 Å². The van der Waals surface area contributed by atoms with Gasteiger partial charge < -0.3 is 10.2 Å². The van der Waals surface area contributed by atoms with Crippen LogP contribution >= 0.6 is 11.8 Å². The van der Waals surface area contributed by atoms with Crippen LogP contribution in [0.5, 0.6) is 0 Å². The van der Waals surface area contributed by atoms with Crippen molar-refractivity contribution in [3.05, 3.63) is 77.6 Å². The van der Waals surface area contributed by atoms with Gasteiger partial charge in [0.15, 0.2) is 5.82 Å². The first-order valence-corrected chi connectivity index (χ1v) is 11.3. The summed E-state index contributed by atoms with van der Waals surface area (Å²) in [6.45, 7) is 3.47. The number of carbonyl (C=O) groups excluding carboxylic acids is 1. The molecule has 5 nitrogen and oxygen atoms in total. The minimum absolute atomic E-state index is 0.0483. The number of piperidine rings is 1. The number of rotatable bonds is 6. The van der Waals surface area contributed by atoms with Crippen LogP contribution in [0.25, 0.3) is 0 Å². The molecule has 1 aliphatic heterocycles. The van der Waals surface area contributed by atoms with Gasteiger partial charge in [-0.25, -0.2) is 18.7 Å². The van der Waals surface area contributed by atoms with E-state index < -0.39 is 11.6 Å². The summed E-state index contributed by atoms with van der Waals surface area (Å²) in [5.74, 6) is -0.720. The third kappa shape index (κ3) is 5.43. The molecule has 0 radical (unpaired) electrons. The van der Waals surface area contributed by atoms with Crippen LogP contribution in [0.15, 0.2) is 64.8 Å². The summed E-state index contributed by atoms with van der Waals surface area (Å²) in [5, 5.41) is 3.62. The number of aromatic nitrogens is 2. The molecule has 8 heteroatoms. The highest BCUT2D eigenvalue weighted by molar-refractivity contribution is 7.99. The van der Waals surface area contributed by atoms with Crippen LogP contribution in [0.3, 0.4) is 0 Å². The van der Waals surface area contributed by atoms with Crippen molar-refractivity contribution >= 4 is 23.5 Å². The van der Waals surface area contributed by atoms with Gasteiger partial charge >= 0.3 is 0 Å². The number of nitrogens with one attached hydrogen (secondary N) is 1. The highest BCUT2D eigenvalue weighted by Gasteiger charge is 2.27. The maximum absolute atomic E-state index is 13.8. The minimum atomic E-state index is -0.652. The highest BCUT2D eigenvalue weighted by atomic mass is 32.2. The van der Waals surface area contributed by atoms with Crippen molar-refractivity contribution in [1.29, 1.82) is 0 Å². The van der Waals surface area contributed by atoms with Crippen molar-refractivity contribution in [2.45, 2.75) is 36.2 Å². The Morgan fingerprint density at radius 2 is 1.81 bits per heavy atom. The van der Waals surface area contributed by atoms with E-state index in [9.17, 15) is 13.6 Å². The number of halogens is 2. The Morgan fingerprint density at radius 1 is 1.09 bits per heavy atom. The number of amides is 1. The molecule has 2 aromatic carbocycles. The molecule has 32 heavy (non-hydrogen) atoms. The third-order valence-corrected chi connectivity index (χ3v) is 6.50. The van der Waals surface area contributed by atoms with E-state index in [1.165, 1.54) is 17.7 Å². The van der Waals surface area contributed by atoms with Crippen LogP contribution < -0.4 is 10.2 Å². The van der Waals surface area contributed by atoms with E-state index in [1.54, 1.807) is 24.2 Å². The SMILES string of the molecule is Cc1ccc(Sc2nccnc2N2CCC(C(=O)NCc3ccc(F)cc3F)CC2)cc1. The summed E-state index contributed by atoms with van der Waals surface area (Å²) < 4.78 is 26.8.